The summed E-state index contributed by atoms with van der Waals surface area (Å²) < 4.78 is 11.9. The summed E-state index contributed by atoms with van der Waals surface area (Å²) in [7, 11) is 0. The maximum atomic E-state index is 12.5. The Morgan fingerprint density at radius 2 is 0.786 bits per heavy atom. The molecular weight excluding hydrogens is 352 g/mol. The monoisotopic (exact) mass is 384 g/mol. The van der Waals surface area contributed by atoms with Crippen LogP contribution < -0.4 is 0 Å². The van der Waals surface area contributed by atoms with Gasteiger partial charge in [0.25, 0.3) is 0 Å². The van der Waals surface area contributed by atoms with Crippen LogP contribution in [0.25, 0.3) is 0 Å². The maximum absolute atomic E-state index is 12.5. The highest BCUT2D eigenvalue weighted by atomic mass is 16.6. The SMILES string of the molecule is O=C(/C=C/C(=O)OC12CC3CC(CC(C3)C1)C2)OC12CC3CC(CC(C3)C1)C2. The molecule has 8 aliphatic rings. The van der Waals surface area contributed by atoms with Crippen molar-refractivity contribution in [3.8, 4) is 0 Å². The first-order valence-corrected chi connectivity index (χ1v) is 11.6. The van der Waals surface area contributed by atoms with Crippen LogP contribution in [0, 0.1) is 35.5 Å². The van der Waals surface area contributed by atoms with Crippen molar-refractivity contribution in [3.63, 3.8) is 0 Å². The minimum atomic E-state index is -0.357. The summed E-state index contributed by atoms with van der Waals surface area (Å²) >= 11 is 0. The smallest absolute Gasteiger partial charge is 0.331 e. The van der Waals surface area contributed by atoms with E-state index < -0.39 is 0 Å². The first-order valence-electron chi connectivity index (χ1n) is 11.6. The van der Waals surface area contributed by atoms with E-state index in [9.17, 15) is 9.59 Å². The molecule has 8 bridgehead atoms. The van der Waals surface area contributed by atoms with Gasteiger partial charge >= 0.3 is 11.9 Å². The minimum Gasteiger partial charge on any atom is -0.456 e. The molecule has 0 aromatic rings. The summed E-state index contributed by atoms with van der Waals surface area (Å²) in [5.41, 5.74) is -0.500. The average molecular weight is 385 g/mol. The van der Waals surface area contributed by atoms with Crippen LogP contribution in [0.15, 0.2) is 12.2 Å². The summed E-state index contributed by atoms with van der Waals surface area (Å²) in [4.78, 5) is 25.0. The van der Waals surface area contributed by atoms with Crippen LogP contribution in [0.5, 0.6) is 0 Å². The van der Waals surface area contributed by atoms with Crippen LogP contribution in [0.2, 0.25) is 0 Å². The Labute approximate surface area is 167 Å². The fourth-order valence-corrected chi connectivity index (χ4v) is 8.94. The van der Waals surface area contributed by atoms with E-state index in [1.165, 1.54) is 50.7 Å². The molecule has 0 aromatic heterocycles. The van der Waals surface area contributed by atoms with Gasteiger partial charge in [-0.15, -0.1) is 0 Å². The third-order valence-corrected chi connectivity index (χ3v) is 8.95. The van der Waals surface area contributed by atoms with Crippen LogP contribution in [0.4, 0.5) is 0 Å². The van der Waals surface area contributed by atoms with Crippen LogP contribution in [0.3, 0.4) is 0 Å². The van der Waals surface area contributed by atoms with Crippen molar-refractivity contribution in [1.29, 1.82) is 0 Å². The average Bonchev–Trinajstić information content (AvgIpc) is 2.56. The zero-order valence-electron chi connectivity index (χ0n) is 16.7. The Bertz CT molecular complexity index is 590. The summed E-state index contributed by atoms with van der Waals surface area (Å²) in [5, 5.41) is 0. The molecule has 0 atom stereocenters. The molecular formula is C24H32O4. The molecule has 8 aliphatic carbocycles. The summed E-state index contributed by atoms with van der Waals surface area (Å²) in [6, 6.07) is 0. The molecule has 4 nitrogen and oxygen atoms in total. The van der Waals surface area contributed by atoms with Crippen molar-refractivity contribution in [2.24, 2.45) is 35.5 Å². The lowest BCUT2D eigenvalue weighted by molar-refractivity contribution is -0.183. The zero-order chi connectivity index (χ0) is 18.9. The van der Waals surface area contributed by atoms with E-state index in [1.54, 1.807) is 0 Å². The second-order valence-corrected chi connectivity index (χ2v) is 11.4. The number of hydrogen-bond acceptors (Lipinski definition) is 4. The van der Waals surface area contributed by atoms with Gasteiger partial charge in [-0.3, -0.25) is 0 Å². The number of hydrogen-bond donors (Lipinski definition) is 0. The van der Waals surface area contributed by atoms with Gasteiger partial charge in [0.15, 0.2) is 0 Å². The van der Waals surface area contributed by atoms with Crippen LogP contribution in [0.1, 0.15) is 77.0 Å². The molecule has 0 amide bonds. The molecule has 0 unspecified atom stereocenters. The number of ether oxygens (including phenoxy) is 2. The fourth-order valence-electron chi connectivity index (χ4n) is 8.94. The van der Waals surface area contributed by atoms with Crippen LogP contribution >= 0.6 is 0 Å². The molecule has 4 heteroatoms. The Balaban J connectivity index is 1.07. The van der Waals surface area contributed by atoms with Crippen molar-refractivity contribution in [2.45, 2.75) is 88.3 Å². The van der Waals surface area contributed by atoms with E-state index in [0.29, 0.717) is 0 Å². The second-order valence-electron chi connectivity index (χ2n) is 11.4. The normalized spacial score (nSPS) is 50.3. The fraction of sp³-hybridized carbons (Fsp3) is 0.833. The molecule has 0 aromatic carbocycles. The van der Waals surface area contributed by atoms with Gasteiger partial charge in [0, 0.05) is 12.2 Å². The predicted octanol–water partition coefficient (Wildman–Crippen LogP) is 4.57. The van der Waals surface area contributed by atoms with Crippen molar-refractivity contribution < 1.29 is 19.1 Å². The second kappa shape index (κ2) is 6.09. The minimum absolute atomic E-state index is 0.250. The molecule has 0 radical (unpaired) electrons. The zero-order valence-corrected chi connectivity index (χ0v) is 16.7. The third kappa shape index (κ3) is 3.02. The van der Waals surface area contributed by atoms with Crippen molar-refractivity contribution in [1.82, 2.24) is 0 Å². The van der Waals surface area contributed by atoms with Gasteiger partial charge in [-0.1, -0.05) is 0 Å². The lowest BCUT2D eigenvalue weighted by Crippen LogP contribution is -2.52. The number of carbonyl (C=O) groups is 2. The van der Waals surface area contributed by atoms with E-state index in [4.69, 9.17) is 9.47 Å². The molecule has 0 heterocycles. The molecule has 152 valence electrons. The molecule has 8 rings (SSSR count). The summed E-state index contributed by atoms with van der Waals surface area (Å²) in [6.45, 7) is 0. The Hall–Kier alpha value is -1.32. The molecule has 28 heavy (non-hydrogen) atoms. The molecule has 0 N–H and O–H groups in total. The standard InChI is InChI=1S/C24H32O4/c25-21(27-23-9-15-3-16(10-23)5-17(4-15)11-23)1-2-22(26)28-24-12-18-6-19(13-24)8-20(7-18)14-24/h1-2,15-20H,3-14H2/b2-1+. The Morgan fingerprint density at radius 1 is 0.536 bits per heavy atom. The lowest BCUT2D eigenvalue weighted by Gasteiger charge is -2.55. The van der Waals surface area contributed by atoms with E-state index in [2.05, 4.69) is 0 Å². The van der Waals surface area contributed by atoms with E-state index in [1.807, 2.05) is 0 Å². The van der Waals surface area contributed by atoms with Gasteiger partial charge < -0.3 is 9.47 Å². The third-order valence-electron chi connectivity index (χ3n) is 8.95. The van der Waals surface area contributed by atoms with E-state index in [0.717, 1.165) is 74.0 Å². The van der Waals surface area contributed by atoms with Gasteiger partial charge in [-0.2, -0.15) is 0 Å². The summed E-state index contributed by atoms with van der Waals surface area (Å²) in [6.07, 6.45) is 16.7. The largest absolute Gasteiger partial charge is 0.456 e. The van der Waals surface area contributed by atoms with Gasteiger partial charge in [-0.25, -0.2) is 9.59 Å². The van der Waals surface area contributed by atoms with Crippen LogP contribution in [-0.4, -0.2) is 23.1 Å². The van der Waals surface area contributed by atoms with Gasteiger partial charge in [0.1, 0.15) is 11.2 Å². The van der Waals surface area contributed by atoms with Gasteiger partial charge in [-0.05, 0) is 113 Å². The van der Waals surface area contributed by atoms with Gasteiger partial charge in [0.2, 0.25) is 0 Å². The number of esters is 2. The van der Waals surface area contributed by atoms with E-state index >= 15 is 0 Å². The number of rotatable bonds is 4. The molecule has 0 aliphatic heterocycles. The summed E-state index contributed by atoms with van der Waals surface area (Å²) in [5.74, 6) is 3.73. The number of carbonyl (C=O) groups excluding carboxylic acids is 2. The highest BCUT2D eigenvalue weighted by Crippen LogP contribution is 2.58. The first-order chi connectivity index (χ1) is 13.5. The molecule has 0 spiro atoms. The lowest BCUT2D eigenvalue weighted by atomic mass is 9.54. The molecule has 8 fully saturated rings. The highest BCUT2D eigenvalue weighted by molar-refractivity contribution is 5.92. The highest BCUT2D eigenvalue weighted by Gasteiger charge is 2.54. The molecule has 8 saturated carbocycles. The quantitative estimate of drug-likeness (QED) is 0.526. The van der Waals surface area contributed by atoms with Crippen molar-refractivity contribution in [2.75, 3.05) is 0 Å². The van der Waals surface area contributed by atoms with E-state index in [-0.39, 0.29) is 23.1 Å². The van der Waals surface area contributed by atoms with Gasteiger partial charge in [0.05, 0.1) is 0 Å². The predicted molar refractivity (Wildman–Crippen MR) is 103 cm³/mol. The Morgan fingerprint density at radius 3 is 1.04 bits per heavy atom. The Kier molecular flexibility index (Phi) is 3.81. The molecule has 0 saturated heterocycles. The first kappa shape index (κ1) is 17.5. The van der Waals surface area contributed by atoms with Crippen molar-refractivity contribution >= 4 is 11.9 Å². The van der Waals surface area contributed by atoms with Crippen LogP contribution in [-0.2, 0) is 19.1 Å². The topological polar surface area (TPSA) is 52.6 Å². The maximum Gasteiger partial charge on any atom is 0.331 e. The van der Waals surface area contributed by atoms with Crippen molar-refractivity contribution in [3.05, 3.63) is 12.2 Å².